The van der Waals surface area contributed by atoms with Crippen molar-refractivity contribution in [3.8, 4) is 0 Å². The number of hydrogen-bond donors (Lipinski definition) is 5. The van der Waals surface area contributed by atoms with Crippen LogP contribution in [0.4, 0.5) is 0 Å². The summed E-state index contributed by atoms with van der Waals surface area (Å²) in [6.45, 7) is 4.01. The van der Waals surface area contributed by atoms with Crippen LogP contribution < -0.4 is 16.0 Å². The van der Waals surface area contributed by atoms with Gasteiger partial charge in [-0.3, -0.25) is 24.4 Å². The number of rotatable bonds is 21. The summed E-state index contributed by atoms with van der Waals surface area (Å²) < 4.78 is 10.7. The average molecular weight is 477 g/mol. The van der Waals surface area contributed by atoms with Crippen LogP contribution in [0, 0.1) is 0 Å². The van der Waals surface area contributed by atoms with Gasteiger partial charge in [0.05, 0.1) is 32.5 Å². The number of likely N-dealkylation sites (N-methyl/N-ethyl adjacent to an activating group) is 1. The molecule has 0 aromatic heterocycles. The molecule has 192 valence electrons. The van der Waals surface area contributed by atoms with Crippen molar-refractivity contribution in [2.24, 2.45) is 0 Å². The summed E-state index contributed by atoms with van der Waals surface area (Å²) in [7, 11) is 1.70. The summed E-state index contributed by atoms with van der Waals surface area (Å²) in [5.74, 6) is -1.57. The number of carbonyl (C=O) groups is 4. The van der Waals surface area contributed by atoms with Crippen LogP contribution >= 0.6 is 0 Å². The van der Waals surface area contributed by atoms with Crippen LogP contribution in [0.3, 0.4) is 0 Å². The zero-order chi connectivity index (χ0) is 24.9. The molecule has 0 heterocycles. The number of carbonyl (C=O) groups excluding carboxylic acids is 3. The van der Waals surface area contributed by atoms with Crippen LogP contribution in [0.15, 0.2) is 0 Å². The maximum atomic E-state index is 12.2. The van der Waals surface area contributed by atoms with Gasteiger partial charge in [-0.15, -0.1) is 0 Å². The fourth-order valence-electron chi connectivity index (χ4n) is 2.77. The number of unbranched alkanes of at least 4 members (excludes halogenated alkanes) is 1. The average Bonchev–Trinajstić information content (AvgIpc) is 2.79. The third kappa shape index (κ3) is 17.9. The summed E-state index contributed by atoms with van der Waals surface area (Å²) in [4.78, 5) is 45.3. The van der Waals surface area contributed by atoms with E-state index in [4.69, 9.17) is 14.6 Å². The molecule has 0 spiro atoms. The van der Waals surface area contributed by atoms with Gasteiger partial charge in [0, 0.05) is 38.9 Å². The summed E-state index contributed by atoms with van der Waals surface area (Å²) in [6.07, 6.45) is 2.59. The van der Waals surface area contributed by atoms with Crippen LogP contribution in [0.1, 0.15) is 51.9 Å². The molecule has 0 fully saturated rings. The molecule has 1 atom stereocenters. The first-order valence-corrected chi connectivity index (χ1v) is 11.4. The van der Waals surface area contributed by atoms with Gasteiger partial charge in [-0.1, -0.05) is 6.92 Å². The van der Waals surface area contributed by atoms with Crippen molar-refractivity contribution in [2.45, 2.75) is 57.9 Å². The molecule has 0 bridgehead atoms. The van der Waals surface area contributed by atoms with Gasteiger partial charge in [0.2, 0.25) is 17.7 Å². The molecule has 12 nitrogen and oxygen atoms in total. The lowest BCUT2D eigenvalue weighted by atomic mass is 10.1. The monoisotopic (exact) mass is 476 g/mol. The predicted molar refractivity (Wildman–Crippen MR) is 120 cm³/mol. The number of carboxylic acid groups (broad SMARTS) is 1. The highest BCUT2D eigenvalue weighted by Crippen LogP contribution is 2.03. The number of ether oxygens (including phenoxy) is 2. The van der Waals surface area contributed by atoms with Crippen molar-refractivity contribution in [1.82, 2.24) is 21.0 Å². The topological polar surface area (TPSA) is 167 Å². The second kappa shape index (κ2) is 20.3. The van der Waals surface area contributed by atoms with E-state index in [0.717, 1.165) is 5.06 Å². The standard InChI is InChI=1S/C21H40N4O8/c1-3-19(27)25(31)12-5-4-7-17(22-2)21(30)24-11-14-33-16-15-32-13-10-23-18(26)8-6-9-20(28)29/h17,22,31H,3-16H2,1-2H3,(H,23,26)(H,24,30)(H,28,29). The molecule has 0 saturated carbocycles. The van der Waals surface area contributed by atoms with Crippen LogP contribution in [0.2, 0.25) is 0 Å². The fourth-order valence-corrected chi connectivity index (χ4v) is 2.77. The number of nitrogens with zero attached hydrogens (tertiary/aromatic N) is 1. The molecule has 3 amide bonds. The Morgan fingerprint density at radius 2 is 1.55 bits per heavy atom. The first-order chi connectivity index (χ1) is 15.8. The van der Waals surface area contributed by atoms with Crippen molar-refractivity contribution in [1.29, 1.82) is 0 Å². The molecule has 0 aliphatic heterocycles. The zero-order valence-electron chi connectivity index (χ0n) is 19.8. The van der Waals surface area contributed by atoms with Gasteiger partial charge >= 0.3 is 5.97 Å². The fraction of sp³-hybridized carbons (Fsp3) is 0.810. The second-order valence-corrected chi connectivity index (χ2v) is 7.32. The van der Waals surface area contributed by atoms with E-state index in [1.807, 2.05) is 0 Å². The maximum Gasteiger partial charge on any atom is 0.303 e. The molecule has 0 aromatic rings. The van der Waals surface area contributed by atoms with E-state index in [0.29, 0.717) is 65.2 Å². The van der Waals surface area contributed by atoms with Gasteiger partial charge in [0.15, 0.2) is 0 Å². The zero-order valence-corrected chi connectivity index (χ0v) is 19.8. The molecule has 0 rings (SSSR count). The number of nitrogens with one attached hydrogen (secondary N) is 3. The van der Waals surface area contributed by atoms with E-state index >= 15 is 0 Å². The Labute approximate surface area is 195 Å². The van der Waals surface area contributed by atoms with Crippen LogP contribution in [0.25, 0.3) is 0 Å². The second-order valence-electron chi connectivity index (χ2n) is 7.32. The summed E-state index contributed by atoms with van der Waals surface area (Å²) in [5.41, 5.74) is 0. The first-order valence-electron chi connectivity index (χ1n) is 11.4. The van der Waals surface area contributed by atoms with Gasteiger partial charge in [-0.25, -0.2) is 5.06 Å². The van der Waals surface area contributed by atoms with E-state index < -0.39 is 5.97 Å². The molecule has 12 heteroatoms. The summed E-state index contributed by atoms with van der Waals surface area (Å²) in [6, 6.07) is -0.360. The van der Waals surface area contributed by atoms with Crippen LogP contribution in [-0.2, 0) is 28.7 Å². The number of hydrogen-bond acceptors (Lipinski definition) is 8. The largest absolute Gasteiger partial charge is 0.481 e. The summed E-state index contributed by atoms with van der Waals surface area (Å²) >= 11 is 0. The number of aliphatic carboxylic acids is 1. The Kier molecular flexibility index (Phi) is 18.9. The molecular weight excluding hydrogens is 436 g/mol. The Hall–Kier alpha value is -2.28. The summed E-state index contributed by atoms with van der Waals surface area (Å²) in [5, 5.41) is 27.1. The third-order valence-corrected chi connectivity index (χ3v) is 4.65. The molecular formula is C21H40N4O8. The van der Waals surface area contributed by atoms with E-state index in [9.17, 15) is 24.4 Å². The lowest BCUT2D eigenvalue weighted by Gasteiger charge is -2.17. The lowest BCUT2D eigenvalue weighted by molar-refractivity contribution is -0.165. The highest BCUT2D eigenvalue weighted by molar-refractivity contribution is 5.81. The number of hydroxylamine groups is 2. The molecule has 0 aliphatic rings. The van der Waals surface area contributed by atoms with E-state index in [1.165, 1.54) is 0 Å². The SMILES string of the molecule is CCC(=O)N(O)CCCCC(NC)C(=O)NCCOCCOCCNC(=O)CCCC(=O)O. The third-order valence-electron chi connectivity index (χ3n) is 4.65. The minimum Gasteiger partial charge on any atom is -0.481 e. The van der Waals surface area contributed by atoms with E-state index in [2.05, 4.69) is 16.0 Å². The Bertz CT molecular complexity index is 576. The molecule has 5 N–H and O–H groups in total. The number of carboxylic acids is 1. The lowest BCUT2D eigenvalue weighted by Crippen LogP contribution is -2.43. The minimum atomic E-state index is -0.916. The van der Waals surface area contributed by atoms with Gasteiger partial charge < -0.3 is 30.5 Å². The molecule has 0 saturated heterocycles. The Balaban J connectivity index is 3.63. The van der Waals surface area contributed by atoms with Crippen molar-refractivity contribution in [3.05, 3.63) is 0 Å². The quantitative estimate of drug-likeness (QED) is 0.0863. The van der Waals surface area contributed by atoms with E-state index in [-0.39, 0.29) is 49.6 Å². The van der Waals surface area contributed by atoms with Crippen molar-refractivity contribution < 1.29 is 39.0 Å². The molecule has 1 unspecified atom stereocenters. The van der Waals surface area contributed by atoms with Crippen molar-refractivity contribution in [2.75, 3.05) is 53.1 Å². The van der Waals surface area contributed by atoms with Crippen LogP contribution in [-0.4, -0.2) is 98.2 Å². The first kappa shape index (κ1) is 30.7. The highest BCUT2D eigenvalue weighted by Gasteiger charge is 2.16. The molecule has 0 aromatic carbocycles. The smallest absolute Gasteiger partial charge is 0.303 e. The van der Waals surface area contributed by atoms with Gasteiger partial charge in [-0.2, -0.15) is 0 Å². The van der Waals surface area contributed by atoms with Crippen molar-refractivity contribution >= 4 is 23.7 Å². The maximum absolute atomic E-state index is 12.2. The normalized spacial score (nSPS) is 11.6. The van der Waals surface area contributed by atoms with Gasteiger partial charge in [0.1, 0.15) is 0 Å². The highest BCUT2D eigenvalue weighted by atomic mass is 16.5. The van der Waals surface area contributed by atoms with Gasteiger partial charge in [0.25, 0.3) is 0 Å². The van der Waals surface area contributed by atoms with E-state index in [1.54, 1.807) is 14.0 Å². The Morgan fingerprint density at radius 3 is 2.12 bits per heavy atom. The Morgan fingerprint density at radius 1 is 0.909 bits per heavy atom. The minimum absolute atomic E-state index is 0.0247. The van der Waals surface area contributed by atoms with Gasteiger partial charge in [-0.05, 0) is 32.7 Å². The molecule has 0 radical (unpaired) electrons. The predicted octanol–water partition coefficient (Wildman–Crippen LogP) is -0.107. The van der Waals surface area contributed by atoms with Crippen LogP contribution in [0.5, 0.6) is 0 Å². The number of amides is 3. The molecule has 33 heavy (non-hydrogen) atoms. The molecule has 0 aliphatic carbocycles. The van der Waals surface area contributed by atoms with Crippen molar-refractivity contribution in [3.63, 3.8) is 0 Å².